The summed E-state index contributed by atoms with van der Waals surface area (Å²) in [5.74, 6) is -0.200. The molecule has 5 nitrogen and oxygen atoms in total. The molecule has 0 aliphatic carbocycles. The van der Waals surface area contributed by atoms with Gasteiger partial charge in [-0.1, -0.05) is 38.8 Å². The molecule has 0 fully saturated rings. The first kappa shape index (κ1) is 22.2. The molecule has 0 aliphatic heterocycles. The number of hydrogen-bond acceptors (Lipinski definition) is 5. The molecule has 1 atom stereocenters. The zero-order valence-electron chi connectivity index (χ0n) is 16.5. The van der Waals surface area contributed by atoms with Crippen molar-refractivity contribution >= 4 is 29.1 Å². The third-order valence-corrected chi connectivity index (χ3v) is 4.27. The second kappa shape index (κ2) is 11.0. The molecule has 0 radical (unpaired) electrons. The van der Waals surface area contributed by atoms with Crippen molar-refractivity contribution in [2.45, 2.75) is 65.9 Å². The Kier molecular flexibility index (Phi) is 9.41. The topological polar surface area (TPSA) is 64.6 Å². The molecule has 6 heteroatoms. The quantitative estimate of drug-likeness (QED) is 0.461. The van der Waals surface area contributed by atoms with Crippen LogP contribution < -0.4 is 5.32 Å². The molecule has 0 bridgehead atoms. The van der Waals surface area contributed by atoms with Gasteiger partial charge >= 0.3 is 12.1 Å². The van der Waals surface area contributed by atoms with Gasteiger partial charge in [0.2, 0.25) is 0 Å². The minimum Gasteiger partial charge on any atom is -0.465 e. The summed E-state index contributed by atoms with van der Waals surface area (Å²) in [5, 5.41) is 4.75. The molecule has 26 heavy (non-hydrogen) atoms. The van der Waals surface area contributed by atoms with Crippen LogP contribution in [0.5, 0.6) is 0 Å². The summed E-state index contributed by atoms with van der Waals surface area (Å²) in [5.41, 5.74) is 0.105. The second-order valence-electron chi connectivity index (χ2n) is 7.30. The summed E-state index contributed by atoms with van der Waals surface area (Å²) in [6.07, 6.45) is 4.83. The molecule has 1 aromatic rings. The van der Waals surface area contributed by atoms with Crippen molar-refractivity contribution in [2.24, 2.45) is 5.92 Å². The molecular formula is C20H31NO4S. The van der Waals surface area contributed by atoms with Gasteiger partial charge in [-0.25, -0.2) is 4.79 Å². The summed E-state index contributed by atoms with van der Waals surface area (Å²) in [6.45, 7) is 9.80. The van der Waals surface area contributed by atoms with Gasteiger partial charge in [-0.05, 0) is 38.6 Å². The van der Waals surface area contributed by atoms with Crippen molar-refractivity contribution in [1.82, 2.24) is 5.32 Å². The van der Waals surface area contributed by atoms with Crippen LogP contribution in [0, 0.1) is 5.92 Å². The largest absolute Gasteiger partial charge is 0.465 e. The molecule has 0 spiro atoms. The maximum Gasteiger partial charge on any atom is 0.412 e. The molecule has 0 saturated carbocycles. The Morgan fingerprint density at radius 1 is 1.31 bits per heavy atom. The monoisotopic (exact) mass is 381 g/mol. The fourth-order valence-electron chi connectivity index (χ4n) is 2.18. The molecule has 1 rings (SSSR count). The van der Waals surface area contributed by atoms with Crippen LogP contribution in [0.2, 0.25) is 0 Å². The first-order valence-corrected chi connectivity index (χ1v) is 10.0. The number of ether oxygens (including phenoxy) is 2. The van der Waals surface area contributed by atoms with E-state index < -0.39 is 11.7 Å². The van der Waals surface area contributed by atoms with Crippen LogP contribution in [-0.2, 0) is 14.3 Å². The standard InChI is InChI=1S/C20H31NO4S/c1-6-7-8-11-18(22)24-14-15(2)13-16(17-10-9-12-26-17)21-19(23)25-20(3,4)5/h9-10,12-13,15H,6-8,11,14H2,1-5H3,(H,21,23). The third-order valence-electron chi connectivity index (χ3n) is 3.37. The lowest BCUT2D eigenvalue weighted by Crippen LogP contribution is -2.31. The number of amides is 1. The Bertz CT molecular complexity index is 587. The first-order valence-electron chi connectivity index (χ1n) is 9.12. The third kappa shape index (κ3) is 9.61. The van der Waals surface area contributed by atoms with Crippen LogP contribution in [-0.4, -0.2) is 24.3 Å². The zero-order chi connectivity index (χ0) is 19.6. The Morgan fingerprint density at radius 3 is 2.62 bits per heavy atom. The van der Waals surface area contributed by atoms with Crippen LogP contribution in [0.25, 0.3) is 5.70 Å². The van der Waals surface area contributed by atoms with Crippen LogP contribution >= 0.6 is 11.3 Å². The van der Waals surface area contributed by atoms with Crippen molar-refractivity contribution in [3.05, 3.63) is 28.5 Å². The number of hydrogen-bond donors (Lipinski definition) is 1. The Hall–Kier alpha value is -1.82. The number of thiophene rings is 1. The van der Waals surface area contributed by atoms with E-state index in [4.69, 9.17) is 9.47 Å². The van der Waals surface area contributed by atoms with E-state index >= 15 is 0 Å². The molecule has 0 aliphatic rings. The summed E-state index contributed by atoms with van der Waals surface area (Å²) in [7, 11) is 0. The number of rotatable bonds is 9. The fourth-order valence-corrected chi connectivity index (χ4v) is 2.89. The van der Waals surface area contributed by atoms with Gasteiger partial charge in [-0.15, -0.1) is 11.3 Å². The highest BCUT2D eigenvalue weighted by atomic mass is 32.1. The Labute approximate surface area is 160 Å². The second-order valence-corrected chi connectivity index (χ2v) is 8.25. The van der Waals surface area contributed by atoms with Gasteiger partial charge in [0.25, 0.3) is 0 Å². The first-order chi connectivity index (χ1) is 12.2. The van der Waals surface area contributed by atoms with Crippen molar-refractivity contribution in [3.8, 4) is 0 Å². The van der Waals surface area contributed by atoms with Gasteiger partial charge in [0.05, 0.1) is 17.2 Å². The van der Waals surface area contributed by atoms with Crippen LogP contribution in [0.15, 0.2) is 23.6 Å². The van der Waals surface area contributed by atoms with E-state index in [-0.39, 0.29) is 18.5 Å². The Morgan fingerprint density at radius 2 is 2.04 bits per heavy atom. The summed E-state index contributed by atoms with van der Waals surface area (Å²) >= 11 is 1.52. The average Bonchev–Trinajstić information content (AvgIpc) is 3.05. The lowest BCUT2D eigenvalue weighted by Gasteiger charge is -2.20. The highest BCUT2D eigenvalue weighted by molar-refractivity contribution is 7.11. The SMILES string of the molecule is CCCCCC(=O)OCC(C)C=C(NC(=O)OC(C)(C)C)c1cccs1. The van der Waals surface area contributed by atoms with E-state index in [2.05, 4.69) is 12.2 Å². The number of unbranched alkanes of at least 4 members (excludes halogenated alkanes) is 2. The van der Waals surface area contributed by atoms with E-state index in [1.54, 1.807) is 0 Å². The number of nitrogens with one attached hydrogen (secondary N) is 1. The van der Waals surface area contributed by atoms with E-state index in [9.17, 15) is 9.59 Å². The summed E-state index contributed by atoms with van der Waals surface area (Å²) in [4.78, 5) is 24.8. The summed E-state index contributed by atoms with van der Waals surface area (Å²) < 4.78 is 10.7. The number of carbonyl (C=O) groups excluding carboxylic acids is 2. The smallest absolute Gasteiger partial charge is 0.412 e. The number of alkyl carbamates (subject to hydrolysis) is 1. The van der Waals surface area contributed by atoms with Gasteiger partial charge in [0.15, 0.2) is 0 Å². The van der Waals surface area contributed by atoms with Crippen molar-refractivity contribution in [3.63, 3.8) is 0 Å². The van der Waals surface area contributed by atoms with Gasteiger partial charge in [-0.3, -0.25) is 10.1 Å². The zero-order valence-corrected chi connectivity index (χ0v) is 17.3. The molecule has 146 valence electrons. The van der Waals surface area contributed by atoms with Crippen LogP contribution in [0.4, 0.5) is 4.79 Å². The van der Waals surface area contributed by atoms with Crippen molar-refractivity contribution in [2.75, 3.05) is 6.61 Å². The van der Waals surface area contributed by atoms with E-state index in [1.807, 2.05) is 51.3 Å². The molecule has 0 saturated heterocycles. The lowest BCUT2D eigenvalue weighted by molar-refractivity contribution is -0.144. The number of carbonyl (C=O) groups is 2. The minimum absolute atomic E-state index is 0.0304. The number of esters is 1. The molecule has 0 aromatic carbocycles. The molecular weight excluding hydrogens is 350 g/mol. The van der Waals surface area contributed by atoms with Gasteiger partial charge in [0.1, 0.15) is 5.60 Å². The molecule has 1 unspecified atom stereocenters. The van der Waals surface area contributed by atoms with Crippen molar-refractivity contribution < 1.29 is 19.1 Å². The highest BCUT2D eigenvalue weighted by Gasteiger charge is 2.18. The maximum absolute atomic E-state index is 12.1. The van der Waals surface area contributed by atoms with E-state index in [1.165, 1.54) is 11.3 Å². The van der Waals surface area contributed by atoms with Crippen molar-refractivity contribution in [1.29, 1.82) is 0 Å². The van der Waals surface area contributed by atoms with Gasteiger partial charge in [-0.2, -0.15) is 0 Å². The Balaban J connectivity index is 2.65. The minimum atomic E-state index is -0.565. The predicted octanol–water partition coefficient (Wildman–Crippen LogP) is 5.37. The van der Waals surface area contributed by atoms with Crippen LogP contribution in [0.3, 0.4) is 0 Å². The molecule has 1 amide bonds. The average molecular weight is 382 g/mol. The fraction of sp³-hybridized carbons (Fsp3) is 0.600. The van der Waals surface area contributed by atoms with Gasteiger partial charge < -0.3 is 9.47 Å². The van der Waals surface area contributed by atoms with E-state index in [0.717, 1.165) is 24.1 Å². The lowest BCUT2D eigenvalue weighted by atomic mass is 10.1. The maximum atomic E-state index is 12.1. The molecule has 1 aromatic heterocycles. The van der Waals surface area contributed by atoms with E-state index in [0.29, 0.717) is 12.1 Å². The predicted molar refractivity (Wildman–Crippen MR) is 106 cm³/mol. The van der Waals surface area contributed by atoms with Crippen LogP contribution in [0.1, 0.15) is 65.2 Å². The summed E-state index contributed by atoms with van der Waals surface area (Å²) in [6, 6.07) is 3.85. The highest BCUT2D eigenvalue weighted by Crippen LogP contribution is 2.21. The normalized spacial score (nSPS) is 13.2. The molecule has 1 N–H and O–H groups in total. The van der Waals surface area contributed by atoms with Gasteiger partial charge in [0, 0.05) is 12.3 Å². The molecule has 1 heterocycles.